The van der Waals surface area contributed by atoms with E-state index in [4.69, 9.17) is 23.2 Å². The molecule has 2 aromatic rings. The molecule has 0 aliphatic heterocycles. The van der Waals surface area contributed by atoms with Crippen LogP contribution in [0.5, 0.6) is 0 Å². The molecule has 2 rings (SSSR count). The van der Waals surface area contributed by atoms with E-state index in [9.17, 15) is 9.59 Å². The minimum absolute atomic E-state index is 0.151. The maximum absolute atomic E-state index is 11.8. The van der Waals surface area contributed by atoms with Crippen molar-refractivity contribution in [3.05, 3.63) is 57.8 Å². The largest absolute Gasteiger partial charge is 0.465 e. The predicted octanol–water partition coefficient (Wildman–Crippen LogP) is 3.50. The van der Waals surface area contributed by atoms with Gasteiger partial charge < -0.3 is 15.4 Å². The molecule has 23 heavy (non-hydrogen) atoms. The fourth-order valence-corrected chi connectivity index (χ4v) is 2.04. The number of benzene rings is 1. The van der Waals surface area contributed by atoms with Crippen molar-refractivity contribution in [1.82, 2.24) is 10.3 Å². The van der Waals surface area contributed by atoms with Gasteiger partial charge in [0, 0.05) is 11.9 Å². The van der Waals surface area contributed by atoms with E-state index in [0.717, 1.165) is 0 Å². The molecule has 1 aromatic heterocycles. The van der Waals surface area contributed by atoms with Gasteiger partial charge in [0.15, 0.2) is 0 Å². The van der Waals surface area contributed by atoms with Crippen molar-refractivity contribution in [2.24, 2.45) is 0 Å². The first-order valence-corrected chi connectivity index (χ1v) is 7.28. The van der Waals surface area contributed by atoms with Crippen molar-refractivity contribution in [2.75, 3.05) is 12.4 Å². The first-order chi connectivity index (χ1) is 11.0. The third-order valence-electron chi connectivity index (χ3n) is 2.85. The molecule has 0 fully saturated rings. The van der Waals surface area contributed by atoms with Gasteiger partial charge in [-0.15, -0.1) is 0 Å². The normalized spacial score (nSPS) is 10.0. The Bertz CT molecular complexity index is 738. The number of rotatable bonds is 4. The number of methoxy groups -OCH3 is 1. The molecule has 0 aliphatic carbocycles. The maximum atomic E-state index is 11.8. The molecule has 0 radical (unpaired) electrons. The van der Waals surface area contributed by atoms with E-state index in [2.05, 4.69) is 20.4 Å². The van der Waals surface area contributed by atoms with Crippen LogP contribution in [0.1, 0.15) is 16.1 Å². The average molecular weight is 354 g/mol. The molecule has 0 spiro atoms. The summed E-state index contributed by atoms with van der Waals surface area (Å²) < 4.78 is 4.63. The Morgan fingerprint density at radius 2 is 1.96 bits per heavy atom. The van der Waals surface area contributed by atoms with E-state index in [-0.39, 0.29) is 6.54 Å². The number of halogens is 2. The summed E-state index contributed by atoms with van der Waals surface area (Å²) in [7, 11) is 1.30. The predicted molar refractivity (Wildman–Crippen MR) is 87.9 cm³/mol. The molecule has 120 valence electrons. The Morgan fingerprint density at radius 1 is 1.17 bits per heavy atom. The number of aromatic nitrogens is 1. The summed E-state index contributed by atoms with van der Waals surface area (Å²) in [6, 6.07) is 7.40. The summed E-state index contributed by atoms with van der Waals surface area (Å²) in [5, 5.41) is 5.99. The van der Waals surface area contributed by atoms with Crippen LogP contribution >= 0.6 is 23.2 Å². The molecule has 1 heterocycles. The Labute approximate surface area is 142 Å². The van der Waals surface area contributed by atoms with Gasteiger partial charge >= 0.3 is 12.0 Å². The number of ether oxygens (including phenoxy) is 1. The first-order valence-electron chi connectivity index (χ1n) is 6.52. The third-order valence-corrected chi connectivity index (χ3v) is 3.58. The topological polar surface area (TPSA) is 80.3 Å². The molecule has 0 atom stereocenters. The number of carbonyl (C=O) groups is 2. The van der Waals surface area contributed by atoms with Crippen LogP contribution in [0.25, 0.3) is 0 Å². The van der Waals surface area contributed by atoms with Crippen molar-refractivity contribution in [2.45, 2.75) is 6.54 Å². The fourth-order valence-electron chi connectivity index (χ4n) is 1.74. The van der Waals surface area contributed by atoms with Gasteiger partial charge in [-0.25, -0.2) is 9.59 Å². The van der Waals surface area contributed by atoms with E-state index in [1.807, 2.05) is 0 Å². The summed E-state index contributed by atoms with van der Waals surface area (Å²) in [5.74, 6) is -0.464. The molecule has 8 heteroatoms. The highest BCUT2D eigenvalue weighted by Gasteiger charge is 2.08. The third kappa shape index (κ3) is 4.84. The minimum atomic E-state index is -0.464. The number of anilines is 1. The number of hydrogen-bond donors (Lipinski definition) is 2. The number of esters is 1. The number of urea groups is 1. The van der Waals surface area contributed by atoms with Crippen LogP contribution < -0.4 is 10.6 Å². The number of hydrogen-bond acceptors (Lipinski definition) is 4. The van der Waals surface area contributed by atoms with Crippen LogP contribution in [0.4, 0.5) is 10.5 Å². The molecule has 6 nitrogen and oxygen atoms in total. The van der Waals surface area contributed by atoms with Crippen LogP contribution in [0, 0.1) is 0 Å². The van der Waals surface area contributed by atoms with Crippen molar-refractivity contribution < 1.29 is 14.3 Å². The van der Waals surface area contributed by atoms with E-state index >= 15 is 0 Å². The van der Waals surface area contributed by atoms with Gasteiger partial charge in [-0.1, -0.05) is 23.2 Å². The molecule has 0 bridgehead atoms. The van der Waals surface area contributed by atoms with Gasteiger partial charge in [0.2, 0.25) is 0 Å². The van der Waals surface area contributed by atoms with Gasteiger partial charge in [-0.3, -0.25) is 4.98 Å². The number of carbonyl (C=O) groups excluding carboxylic acids is 2. The summed E-state index contributed by atoms with van der Waals surface area (Å²) in [5.41, 5.74) is 1.40. The van der Waals surface area contributed by atoms with Crippen molar-refractivity contribution in [3.8, 4) is 0 Å². The molecule has 0 saturated heterocycles. The Balaban J connectivity index is 1.94. The van der Waals surface area contributed by atoms with Crippen LogP contribution in [0.2, 0.25) is 10.0 Å². The lowest BCUT2D eigenvalue weighted by Gasteiger charge is -2.08. The van der Waals surface area contributed by atoms with Gasteiger partial charge in [-0.2, -0.15) is 0 Å². The average Bonchev–Trinajstić information content (AvgIpc) is 2.56. The lowest BCUT2D eigenvalue weighted by atomic mass is 10.2. The van der Waals surface area contributed by atoms with Crippen molar-refractivity contribution in [1.29, 1.82) is 0 Å². The second-order valence-corrected chi connectivity index (χ2v) is 5.28. The molecule has 2 amide bonds. The van der Waals surface area contributed by atoms with Gasteiger partial charge in [0.25, 0.3) is 0 Å². The highest BCUT2D eigenvalue weighted by Crippen LogP contribution is 2.24. The highest BCUT2D eigenvalue weighted by molar-refractivity contribution is 6.42. The fraction of sp³-hybridized carbons (Fsp3) is 0.133. The molecule has 0 aliphatic rings. The highest BCUT2D eigenvalue weighted by atomic mass is 35.5. The first kappa shape index (κ1) is 17.1. The number of amides is 2. The molecule has 2 N–H and O–H groups in total. The second-order valence-electron chi connectivity index (χ2n) is 4.46. The maximum Gasteiger partial charge on any atom is 0.337 e. The summed E-state index contributed by atoms with van der Waals surface area (Å²) in [4.78, 5) is 27.3. The Kier molecular flexibility index (Phi) is 5.78. The molecule has 1 aromatic carbocycles. The monoisotopic (exact) mass is 353 g/mol. The Hall–Kier alpha value is -2.31. The quantitative estimate of drug-likeness (QED) is 0.824. The Morgan fingerprint density at radius 3 is 2.65 bits per heavy atom. The van der Waals surface area contributed by atoms with Gasteiger partial charge in [-0.05, 0) is 30.3 Å². The van der Waals surface area contributed by atoms with Gasteiger partial charge in [0.05, 0.1) is 35.0 Å². The van der Waals surface area contributed by atoms with Gasteiger partial charge in [0.1, 0.15) is 0 Å². The summed E-state index contributed by atoms with van der Waals surface area (Å²) >= 11 is 11.7. The second kappa shape index (κ2) is 7.80. The smallest absolute Gasteiger partial charge is 0.337 e. The van der Waals surface area contributed by atoms with E-state index in [1.165, 1.54) is 19.4 Å². The summed E-state index contributed by atoms with van der Waals surface area (Å²) in [6.45, 7) is 0.151. The van der Waals surface area contributed by atoms with E-state index in [1.54, 1.807) is 24.3 Å². The van der Waals surface area contributed by atoms with E-state index in [0.29, 0.717) is 27.0 Å². The van der Waals surface area contributed by atoms with Crippen molar-refractivity contribution in [3.63, 3.8) is 0 Å². The molecule has 0 saturated carbocycles. The zero-order valence-corrected chi connectivity index (χ0v) is 13.6. The standard InChI is InChI=1S/C15H13Cl2N3O3/c1-23-14(21)9-4-5-18-11(6-9)8-19-15(22)20-10-2-3-12(16)13(17)7-10/h2-7H,8H2,1H3,(H2,19,20,22). The number of nitrogens with zero attached hydrogens (tertiary/aromatic N) is 1. The zero-order chi connectivity index (χ0) is 16.8. The minimum Gasteiger partial charge on any atom is -0.465 e. The van der Waals surface area contributed by atoms with Crippen molar-refractivity contribution >= 4 is 40.9 Å². The van der Waals surface area contributed by atoms with Crippen LogP contribution in [0.3, 0.4) is 0 Å². The summed E-state index contributed by atoms with van der Waals surface area (Å²) in [6.07, 6.45) is 1.47. The SMILES string of the molecule is COC(=O)c1ccnc(CNC(=O)Nc2ccc(Cl)c(Cl)c2)c1. The lowest BCUT2D eigenvalue weighted by molar-refractivity contribution is 0.0600. The number of pyridine rings is 1. The van der Waals surface area contributed by atoms with Crippen LogP contribution in [-0.2, 0) is 11.3 Å². The van der Waals surface area contributed by atoms with Crippen LogP contribution in [-0.4, -0.2) is 24.1 Å². The molecular weight excluding hydrogens is 341 g/mol. The van der Waals surface area contributed by atoms with E-state index < -0.39 is 12.0 Å². The molecule has 0 unspecified atom stereocenters. The van der Waals surface area contributed by atoms with Crippen LogP contribution in [0.15, 0.2) is 36.5 Å². The molecular formula is C15H13Cl2N3O3. The number of nitrogens with one attached hydrogen (secondary N) is 2. The lowest BCUT2D eigenvalue weighted by Crippen LogP contribution is -2.28. The zero-order valence-electron chi connectivity index (χ0n) is 12.1.